The van der Waals surface area contributed by atoms with Crippen molar-refractivity contribution in [3.63, 3.8) is 0 Å². The van der Waals surface area contributed by atoms with Gasteiger partial charge in [-0.1, -0.05) is 32.1 Å². The van der Waals surface area contributed by atoms with Gasteiger partial charge in [0, 0.05) is 13.1 Å². The molecule has 5 nitrogen and oxygen atoms in total. The van der Waals surface area contributed by atoms with E-state index in [4.69, 9.17) is 0 Å². The molecule has 2 aliphatic heterocycles. The summed E-state index contributed by atoms with van der Waals surface area (Å²) < 4.78 is 0. The zero-order chi connectivity index (χ0) is 16.4. The van der Waals surface area contributed by atoms with E-state index in [-0.39, 0.29) is 29.6 Å². The van der Waals surface area contributed by atoms with Crippen molar-refractivity contribution in [3.8, 4) is 0 Å². The second-order valence-electron chi connectivity index (χ2n) is 7.31. The first-order valence-electron chi connectivity index (χ1n) is 9.27. The lowest BCUT2D eigenvalue weighted by molar-refractivity contribution is -0.151. The number of amides is 3. The zero-order valence-electron chi connectivity index (χ0n) is 14.1. The molecule has 5 heteroatoms. The predicted octanol–water partition coefficient (Wildman–Crippen LogP) is 2.34. The summed E-state index contributed by atoms with van der Waals surface area (Å²) in [6.07, 6.45) is 9.23. The van der Waals surface area contributed by atoms with Crippen LogP contribution in [-0.2, 0) is 14.4 Å². The number of imide groups is 1. The number of hydrogen-bond donors (Lipinski definition) is 0. The van der Waals surface area contributed by atoms with Crippen LogP contribution in [0.4, 0.5) is 0 Å². The Balaban J connectivity index is 1.70. The van der Waals surface area contributed by atoms with Gasteiger partial charge in [-0.15, -0.1) is 0 Å². The highest BCUT2D eigenvalue weighted by Gasteiger charge is 2.51. The molecule has 0 bridgehead atoms. The zero-order valence-corrected chi connectivity index (χ0v) is 14.1. The SMILES string of the molecule is CC(C(=O)N1CCCCCCC1)N1C(=O)C2CCCCC2C1=O. The van der Waals surface area contributed by atoms with Crippen molar-refractivity contribution in [1.82, 2.24) is 9.80 Å². The maximum atomic E-state index is 12.8. The Bertz CT molecular complexity index is 459. The van der Waals surface area contributed by atoms with E-state index in [1.807, 2.05) is 4.90 Å². The minimum absolute atomic E-state index is 0.0488. The molecule has 3 fully saturated rings. The molecule has 0 aromatic rings. The van der Waals surface area contributed by atoms with Crippen molar-refractivity contribution in [2.45, 2.75) is 70.8 Å². The molecule has 3 unspecified atom stereocenters. The number of likely N-dealkylation sites (tertiary alicyclic amines) is 2. The highest BCUT2D eigenvalue weighted by Crippen LogP contribution is 2.39. The van der Waals surface area contributed by atoms with Crippen LogP contribution in [0.5, 0.6) is 0 Å². The van der Waals surface area contributed by atoms with Crippen molar-refractivity contribution in [2.75, 3.05) is 13.1 Å². The molecule has 2 saturated heterocycles. The molecule has 23 heavy (non-hydrogen) atoms. The minimum Gasteiger partial charge on any atom is -0.341 e. The van der Waals surface area contributed by atoms with Gasteiger partial charge in [0.1, 0.15) is 6.04 Å². The normalized spacial score (nSPS) is 30.7. The second-order valence-corrected chi connectivity index (χ2v) is 7.31. The van der Waals surface area contributed by atoms with Crippen LogP contribution in [0.25, 0.3) is 0 Å². The molecule has 0 radical (unpaired) electrons. The van der Waals surface area contributed by atoms with Crippen LogP contribution in [0.15, 0.2) is 0 Å². The van der Waals surface area contributed by atoms with E-state index in [1.54, 1.807) is 6.92 Å². The first kappa shape index (κ1) is 16.5. The van der Waals surface area contributed by atoms with Crippen LogP contribution in [0, 0.1) is 11.8 Å². The van der Waals surface area contributed by atoms with Gasteiger partial charge < -0.3 is 4.90 Å². The lowest BCUT2D eigenvalue weighted by Gasteiger charge is -2.30. The van der Waals surface area contributed by atoms with E-state index in [0.717, 1.165) is 64.5 Å². The lowest BCUT2D eigenvalue weighted by atomic mass is 9.81. The van der Waals surface area contributed by atoms with Gasteiger partial charge in [-0.25, -0.2) is 0 Å². The average Bonchev–Trinajstić information content (AvgIpc) is 2.78. The Hall–Kier alpha value is -1.39. The number of rotatable bonds is 2. The maximum Gasteiger partial charge on any atom is 0.245 e. The monoisotopic (exact) mass is 320 g/mol. The third kappa shape index (κ3) is 3.15. The molecular weight excluding hydrogens is 292 g/mol. The number of carbonyl (C=O) groups excluding carboxylic acids is 3. The van der Waals surface area contributed by atoms with Gasteiger partial charge in [-0.3, -0.25) is 19.3 Å². The summed E-state index contributed by atoms with van der Waals surface area (Å²) in [5.74, 6) is -0.592. The van der Waals surface area contributed by atoms with Crippen molar-refractivity contribution in [1.29, 1.82) is 0 Å². The summed E-state index contributed by atoms with van der Waals surface area (Å²) in [6.45, 7) is 3.24. The Morgan fingerprint density at radius 1 is 0.870 bits per heavy atom. The molecule has 2 heterocycles. The number of nitrogens with zero attached hydrogens (tertiary/aromatic N) is 2. The van der Waals surface area contributed by atoms with E-state index in [1.165, 1.54) is 11.3 Å². The molecule has 1 saturated carbocycles. The quantitative estimate of drug-likeness (QED) is 0.734. The molecule has 1 aliphatic carbocycles. The van der Waals surface area contributed by atoms with Gasteiger partial charge in [0.05, 0.1) is 11.8 Å². The van der Waals surface area contributed by atoms with E-state index >= 15 is 0 Å². The summed E-state index contributed by atoms with van der Waals surface area (Å²) in [5, 5.41) is 0. The Morgan fingerprint density at radius 2 is 1.35 bits per heavy atom. The molecular formula is C18H28N2O3. The summed E-state index contributed by atoms with van der Waals surface area (Å²) in [7, 11) is 0. The lowest BCUT2D eigenvalue weighted by Crippen LogP contribution is -2.50. The van der Waals surface area contributed by atoms with Crippen molar-refractivity contribution < 1.29 is 14.4 Å². The number of carbonyl (C=O) groups is 3. The fourth-order valence-corrected chi connectivity index (χ4v) is 4.41. The van der Waals surface area contributed by atoms with Crippen molar-refractivity contribution >= 4 is 17.7 Å². The van der Waals surface area contributed by atoms with E-state index < -0.39 is 6.04 Å². The molecule has 3 amide bonds. The summed E-state index contributed by atoms with van der Waals surface area (Å²) in [5.41, 5.74) is 0. The first-order valence-corrected chi connectivity index (χ1v) is 9.27. The van der Waals surface area contributed by atoms with Crippen LogP contribution in [-0.4, -0.2) is 46.7 Å². The largest absolute Gasteiger partial charge is 0.341 e. The minimum atomic E-state index is -0.639. The van der Waals surface area contributed by atoms with Gasteiger partial charge >= 0.3 is 0 Å². The molecule has 3 atom stereocenters. The van der Waals surface area contributed by atoms with E-state index in [0.29, 0.717) is 0 Å². The maximum absolute atomic E-state index is 12.8. The van der Waals surface area contributed by atoms with Crippen LogP contribution in [0.3, 0.4) is 0 Å². The van der Waals surface area contributed by atoms with Gasteiger partial charge in [0.2, 0.25) is 17.7 Å². The standard InChI is InChI=1S/C18H28N2O3/c1-13(16(21)19-11-7-3-2-4-8-12-19)20-17(22)14-9-5-6-10-15(14)18(20)23/h13-15H,2-12H2,1H3. The molecule has 0 spiro atoms. The highest BCUT2D eigenvalue weighted by atomic mass is 16.2. The third-order valence-electron chi connectivity index (χ3n) is 5.79. The van der Waals surface area contributed by atoms with E-state index in [2.05, 4.69) is 0 Å². The smallest absolute Gasteiger partial charge is 0.245 e. The number of hydrogen-bond acceptors (Lipinski definition) is 3. The predicted molar refractivity (Wildman–Crippen MR) is 86.4 cm³/mol. The highest BCUT2D eigenvalue weighted by molar-refractivity contribution is 6.08. The Morgan fingerprint density at radius 3 is 1.87 bits per heavy atom. The summed E-state index contributed by atoms with van der Waals surface area (Å²) in [4.78, 5) is 41.3. The van der Waals surface area contributed by atoms with E-state index in [9.17, 15) is 14.4 Å². The third-order valence-corrected chi connectivity index (χ3v) is 5.79. The molecule has 3 rings (SSSR count). The van der Waals surface area contributed by atoms with Crippen LogP contribution in [0.1, 0.15) is 64.7 Å². The van der Waals surface area contributed by atoms with Crippen molar-refractivity contribution in [3.05, 3.63) is 0 Å². The summed E-state index contributed by atoms with van der Waals surface area (Å²) in [6, 6.07) is -0.639. The second kappa shape index (κ2) is 7.02. The van der Waals surface area contributed by atoms with Crippen LogP contribution in [0.2, 0.25) is 0 Å². The molecule has 0 aromatic carbocycles. The fourth-order valence-electron chi connectivity index (χ4n) is 4.41. The molecule has 128 valence electrons. The van der Waals surface area contributed by atoms with Crippen LogP contribution < -0.4 is 0 Å². The fraction of sp³-hybridized carbons (Fsp3) is 0.833. The van der Waals surface area contributed by atoms with Gasteiger partial charge in [0.25, 0.3) is 0 Å². The Labute approximate surface area is 138 Å². The Kier molecular flexibility index (Phi) is 5.02. The molecule has 0 aromatic heterocycles. The van der Waals surface area contributed by atoms with Gasteiger partial charge in [0.15, 0.2) is 0 Å². The molecule has 3 aliphatic rings. The number of fused-ring (bicyclic) bond motifs is 1. The van der Waals surface area contributed by atoms with Gasteiger partial charge in [-0.05, 0) is 32.6 Å². The summed E-state index contributed by atoms with van der Waals surface area (Å²) >= 11 is 0. The van der Waals surface area contributed by atoms with Crippen LogP contribution >= 0.6 is 0 Å². The average molecular weight is 320 g/mol. The van der Waals surface area contributed by atoms with Crippen molar-refractivity contribution in [2.24, 2.45) is 11.8 Å². The first-order chi connectivity index (χ1) is 11.1. The van der Waals surface area contributed by atoms with Gasteiger partial charge in [-0.2, -0.15) is 0 Å². The topological polar surface area (TPSA) is 57.7 Å². The molecule has 0 N–H and O–H groups in total.